The van der Waals surface area contributed by atoms with E-state index in [9.17, 15) is 4.79 Å². The lowest BCUT2D eigenvalue weighted by Crippen LogP contribution is -2.36. The van der Waals surface area contributed by atoms with Crippen LogP contribution in [0.5, 0.6) is 0 Å². The van der Waals surface area contributed by atoms with Crippen molar-refractivity contribution >= 4 is 42.6 Å². The summed E-state index contributed by atoms with van der Waals surface area (Å²) in [5.41, 5.74) is 0. The van der Waals surface area contributed by atoms with Gasteiger partial charge in [-0.1, -0.05) is 6.92 Å². The fourth-order valence-corrected chi connectivity index (χ4v) is 1.11. The molecule has 0 unspecified atom stereocenters. The fourth-order valence-electron chi connectivity index (χ4n) is 0.514. The monoisotopic (exact) mass is 336 g/mol. The average Bonchev–Trinajstić information content (AvgIpc) is 1.84. The van der Waals surface area contributed by atoms with Crippen LogP contribution in [0.2, 0.25) is 0 Å². The fraction of sp³-hybridized carbons (Fsp3) is 0.889. The number of thiol groups is 1. The van der Waals surface area contributed by atoms with Gasteiger partial charge in [-0.25, -0.2) is 0 Å². The van der Waals surface area contributed by atoms with Gasteiger partial charge in [0.2, 0.25) is 0 Å². The number of nitrogens with zero attached hydrogens (tertiary/aromatic N) is 1. The lowest BCUT2D eigenvalue weighted by atomic mass is 10.4. The largest absolute Gasteiger partial charge is 0.481 e. The van der Waals surface area contributed by atoms with Gasteiger partial charge in [0.25, 0.3) is 0 Å². The number of carboxylic acid groups (broad SMARTS) is 1. The highest BCUT2D eigenvalue weighted by molar-refractivity contribution is 14.0. The number of quaternary nitrogens is 1. The van der Waals surface area contributed by atoms with Gasteiger partial charge in [0, 0.05) is 12.2 Å². The number of hydrogen-bond acceptors (Lipinski definition) is 2. The van der Waals surface area contributed by atoms with Gasteiger partial charge in [0.15, 0.2) is 0 Å². The first-order valence-electron chi connectivity index (χ1n) is 4.46. The predicted octanol–water partition coefficient (Wildman–Crippen LogP) is 2.11. The second-order valence-corrected chi connectivity index (χ2v) is 4.33. The van der Waals surface area contributed by atoms with Crippen LogP contribution in [0.25, 0.3) is 0 Å². The minimum atomic E-state index is -0.711. The number of carbonyl (C=O) groups is 1. The van der Waals surface area contributed by atoms with Gasteiger partial charge in [0.1, 0.15) is 0 Å². The van der Waals surface area contributed by atoms with Crippen molar-refractivity contribution in [3.05, 3.63) is 0 Å². The first kappa shape index (κ1) is 20.0. The van der Waals surface area contributed by atoms with Crippen molar-refractivity contribution in [3.63, 3.8) is 0 Å². The normalized spacial score (nSPS) is 9.50. The zero-order chi connectivity index (χ0) is 10.9. The molecule has 0 fully saturated rings. The first-order valence-corrected chi connectivity index (χ1v) is 5.09. The maximum Gasteiger partial charge on any atom is 0.303 e. The van der Waals surface area contributed by atoms with E-state index in [1.165, 1.54) is 0 Å². The Labute approximate surface area is 110 Å². The van der Waals surface area contributed by atoms with Crippen LogP contribution in [-0.2, 0) is 4.79 Å². The Morgan fingerprint density at radius 3 is 1.79 bits per heavy atom. The molecule has 0 aliphatic heterocycles. The Kier molecular flexibility index (Phi) is 16.5. The highest BCUT2D eigenvalue weighted by Crippen LogP contribution is 1.88. The van der Waals surface area contributed by atoms with Crippen molar-refractivity contribution in [2.24, 2.45) is 0 Å². The Hall–Kier alpha value is 0.510. The number of carboxylic acids is 1. The summed E-state index contributed by atoms with van der Waals surface area (Å²) in [7, 11) is 6.49. The van der Waals surface area contributed by atoms with Gasteiger partial charge in [0.05, 0.1) is 27.7 Å². The molecule has 88 valence electrons. The molecule has 0 saturated heterocycles. The second-order valence-electron chi connectivity index (χ2n) is 3.88. The van der Waals surface area contributed by atoms with Crippen LogP contribution in [0.15, 0.2) is 0 Å². The first-order chi connectivity index (χ1) is 5.83. The van der Waals surface area contributed by atoms with Crippen LogP contribution in [0.3, 0.4) is 0 Å². The highest BCUT2D eigenvalue weighted by Gasteiger charge is 2.01. The van der Waals surface area contributed by atoms with Crippen LogP contribution in [0.4, 0.5) is 0 Å². The molecule has 0 amide bonds. The summed E-state index contributed by atoms with van der Waals surface area (Å²) in [4.78, 5) is 9.60. The van der Waals surface area contributed by atoms with Crippen LogP contribution in [0, 0.1) is 0 Å². The summed E-state index contributed by atoms with van der Waals surface area (Å²) in [5, 5.41) is 7.91. The summed E-state index contributed by atoms with van der Waals surface area (Å²) in [6.45, 7) is 2.98. The molecular formula is C9H23INO2S+. The average molecular weight is 336 g/mol. The Bertz CT molecular complexity index is 137. The van der Waals surface area contributed by atoms with Gasteiger partial charge >= 0.3 is 5.97 Å². The molecule has 0 rings (SSSR count). The molecule has 0 aromatic carbocycles. The van der Waals surface area contributed by atoms with Crippen molar-refractivity contribution in [1.29, 1.82) is 0 Å². The summed E-state index contributed by atoms with van der Waals surface area (Å²) in [5.74, 6) is 0.265. The van der Waals surface area contributed by atoms with E-state index in [1.54, 1.807) is 0 Å². The molecule has 0 radical (unpaired) electrons. The smallest absolute Gasteiger partial charge is 0.303 e. The second kappa shape index (κ2) is 11.6. The molecule has 0 spiro atoms. The van der Waals surface area contributed by atoms with E-state index in [0.29, 0.717) is 6.42 Å². The Morgan fingerprint density at radius 1 is 1.36 bits per heavy atom. The van der Waals surface area contributed by atoms with Gasteiger partial charge in [-0.15, -0.1) is 24.0 Å². The van der Waals surface area contributed by atoms with Crippen molar-refractivity contribution in [2.75, 3.05) is 33.4 Å². The molecule has 0 bridgehead atoms. The molecule has 0 saturated carbocycles. The maximum absolute atomic E-state index is 9.60. The number of aliphatic carboxylic acids is 1. The molecular weight excluding hydrogens is 313 g/mol. The number of halogens is 1. The van der Waals surface area contributed by atoms with E-state index in [2.05, 4.69) is 33.8 Å². The van der Waals surface area contributed by atoms with Crippen molar-refractivity contribution < 1.29 is 14.4 Å². The number of rotatable bonds is 4. The molecule has 0 heterocycles. The van der Waals surface area contributed by atoms with Gasteiger partial charge < -0.3 is 9.59 Å². The predicted molar refractivity (Wildman–Crippen MR) is 74.7 cm³/mol. The van der Waals surface area contributed by atoms with Gasteiger partial charge in [-0.3, -0.25) is 4.79 Å². The van der Waals surface area contributed by atoms with Crippen LogP contribution >= 0.6 is 36.6 Å². The third-order valence-electron chi connectivity index (χ3n) is 1.23. The quantitative estimate of drug-likeness (QED) is 0.469. The third kappa shape index (κ3) is 29.4. The Morgan fingerprint density at radius 2 is 1.79 bits per heavy atom. The zero-order valence-corrected chi connectivity index (χ0v) is 12.7. The van der Waals surface area contributed by atoms with Gasteiger partial charge in [-0.2, -0.15) is 12.6 Å². The summed E-state index contributed by atoms with van der Waals surface area (Å²) >= 11 is 4.10. The highest BCUT2D eigenvalue weighted by atomic mass is 127. The summed E-state index contributed by atoms with van der Waals surface area (Å²) < 4.78 is 1.02. The van der Waals surface area contributed by atoms with Crippen molar-refractivity contribution in [2.45, 2.75) is 19.8 Å². The van der Waals surface area contributed by atoms with E-state index in [0.717, 1.165) is 23.2 Å². The topological polar surface area (TPSA) is 37.3 Å². The van der Waals surface area contributed by atoms with Crippen LogP contribution in [-0.4, -0.2) is 49.0 Å². The zero-order valence-electron chi connectivity index (χ0n) is 9.49. The lowest BCUT2D eigenvalue weighted by molar-refractivity contribution is -0.867. The lowest BCUT2D eigenvalue weighted by Gasteiger charge is -2.22. The minimum absolute atomic E-state index is 0. The van der Waals surface area contributed by atoms with Crippen LogP contribution in [0.1, 0.15) is 19.8 Å². The van der Waals surface area contributed by atoms with E-state index in [4.69, 9.17) is 5.11 Å². The van der Waals surface area contributed by atoms with Crippen molar-refractivity contribution in [3.8, 4) is 0 Å². The molecule has 3 nitrogen and oxygen atoms in total. The maximum atomic E-state index is 9.60. The van der Waals surface area contributed by atoms with Crippen molar-refractivity contribution in [1.82, 2.24) is 0 Å². The molecule has 0 aliphatic carbocycles. The molecule has 14 heavy (non-hydrogen) atoms. The van der Waals surface area contributed by atoms with E-state index < -0.39 is 5.97 Å². The van der Waals surface area contributed by atoms with E-state index >= 15 is 0 Å². The molecule has 0 atom stereocenters. The SMILES string of the molecule is CCCC(=O)O.C[N+](C)(C)CCS.I. The molecule has 0 aromatic rings. The van der Waals surface area contributed by atoms with Crippen LogP contribution < -0.4 is 0 Å². The third-order valence-corrected chi connectivity index (χ3v) is 1.43. The standard InChI is InChI=1S/C5H13NS.C4H8O2.HI/c1-6(2,3)4-5-7;1-2-3-4(5)6;/h4-5H2,1-3H3;2-3H2,1H3,(H,5,6);1H/p+1. The molecule has 0 aliphatic rings. The number of hydrogen-bond donors (Lipinski definition) is 2. The summed E-state index contributed by atoms with van der Waals surface area (Å²) in [6.07, 6.45) is 1.02. The summed E-state index contributed by atoms with van der Waals surface area (Å²) in [6, 6.07) is 0. The van der Waals surface area contributed by atoms with Gasteiger partial charge in [-0.05, 0) is 6.42 Å². The molecule has 5 heteroatoms. The Balaban J connectivity index is -0.000000163. The van der Waals surface area contributed by atoms with E-state index in [1.807, 2.05) is 6.92 Å². The molecule has 0 aromatic heterocycles. The molecule has 1 N–H and O–H groups in total. The minimum Gasteiger partial charge on any atom is -0.481 e. The van der Waals surface area contributed by atoms with E-state index in [-0.39, 0.29) is 24.0 Å².